The first-order valence-electron chi connectivity index (χ1n) is 6.81. The molecule has 0 bridgehead atoms. The number of nitrogens with one attached hydrogen (secondary N) is 1. The quantitative estimate of drug-likeness (QED) is 0.805. The number of hydrogen-bond donors (Lipinski definition) is 1. The molecule has 0 amide bonds. The SMILES string of the molecule is CCCNc1cc(Sc2nc(C)cs2)nc(C(C)C)n1. The van der Waals surface area contributed by atoms with E-state index >= 15 is 0 Å². The summed E-state index contributed by atoms with van der Waals surface area (Å²) in [4.78, 5) is 13.7. The smallest absolute Gasteiger partial charge is 0.156 e. The summed E-state index contributed by atoms with van der Waals surface area (Å²) in [5.41, 5.74) is 1.06. The van der Waals surface area contributed by atoms with Gasteiger partial charge in [0, 0.05) is 29.6 Å². The minimum absolute atomic E-state index is 0.316. The Hall–Kier alpha value is -1.14. The summed E-state index contributed by atoms with van der Waals surface area (Å²) in [7, 11) is 0. The lowest BCUT2D eigenvalue weighted by Crippen LogP contribution is -2.06. The number of hydrogen-bond acceptors (Lipinski definition) is 6. The van der Waals surface area contributed by atoms with Gasteiger partial charge in [0.2, 0.25) is 0 Å². The highest BCUT2D eigenvalue weighted by atomic mass is 32.2. The van der Waals surface area contributed by atoms with E-state index in [-0.39, 0.29) is 0 Å². The standard InChI is InChI=1S/C14H20N4S2/c1-5-6-15-11-7-12(18-13(17-11)9(2)3)20-14-16-10(4)8-19-14/h7-9H,5-6H2,1-4H3,(H,15,17,18). The van der Waals surface area contributed by atoms with Crippen LogP contribution in [0, 0.1) is 6.92 Å². The highest BCUT2D eigenvalue weighted by Gasteiger charge is 2.10. The van der Waals surface area contributed by atoms with E-state index in [2.05, 4.69) is 46.4 Å². The molecule has 108 valence electrons. The molecule has 0 aromatic carbocycles. The minimum atomic E-state index is 0.316. The first-order chi connectivity index (χ1) is 9.58. The van der Waals surface area contributed by atoms with Crippen molar-refractivity contribution in [3.05, 3.63) is 23.0 Å². The lowest BCUT2D eigenvalue weighted by molar-refractivity contribution is 0.753. The molecule has 0 atom stereocenters. The maximum Gasteiger partial charge on any atom is 0.156 e. The van der Waals surface area contributed by atoms with E-state index in [0.29, 0.717) is 5.92 Å². The van der Waals surface area contributed by atoms with Gasteiger partial charge < -0.3 is 5.32 Å². The molecule has 0 saturated carbocycles. The van der Waals surface area contributed by atoms with E-state index in [9.17, 15) is 0 Å². The first kappa shape index (κ1) is 15.3. The number of nitrogens with zero attached hydrogens (tertiary/aromatic N) is 3. The summed E-state index contributed by atoms with van der Waals surface area (Å²) in [6.07, 6.45) is 1.08. The van der Waals surface area contributed by atoms with Gasteiger partial charge in [-0.1, -0.05) is 20.8 Å². The van der Waals surface area contributed by atoms with E-state index in [4.69, 9.17) is 0 Å². The molecule has 6 heteroatoms. The highest BCUT2D eigenvalue weighted by Crippen LogP contribution is 2.30. The van der Waals surface area contributed by atoms with Gasteiger partial charge in [0.05, 0.1) is 0 Å². The van der Waals surface area contributed by atoms with Crippen molar-refractivity contribution in [1.29, 1.82) is 0 Å². The van der Waals surface area contributed by atoms with Crippen LogP contribution in [-0.4, -0.2) is 21.5 Å². The monoisotopic (exact) mass is 308 g/mol. The highest BCUT2D eigenvalue weighted by molar-refractivity contribution is 8.01. The average molecular weight is 308 g/mol. The van der Waals surface area contributed by atoms with E-state index in [1.807, 2.05) is 13.0 Å². The molecule has 0 radical (unpaired) electrons. The molecule has 4 nitrogen and oxygen atoms in total. The fourth-order valence-corrected chi connectivity index (χ4v) is 3.36. The van der Waals surface area contributed by atoms with Crippen LogP contribution in [-0.2, 0) is 0 Å². The number of aryl methyl sites for hydroxylation is 1. The maximum atomic E-state index is 4.62. The molecule has 0 spiro atoms. The van der Waals surface area contributed by atoms with Crippen LogP contribution in [0.25, 0.3) is 0 Å². The summed E-state index contributed by atoms with van der Waals surface area (Å²) < 4.78 is 1.03. The molecule has 1 N–H and O–H groups in total. The third-order valence-electron chi connectivity index (χ3n) is 2.58. The fraction of sp³-hybridized carbons (Fsp3) is 0.500. The van der Waals surface area contributed by atoms with Crippen molar-refractivity contribution in [2.75, 3.05) is 11.9 Å². The van der Waals surface area contributed by atoms with Crippen molar-refractivity contribution >= 4 is 28.9 Å². The average Bonchev–Trinajstić information content (AvgIpc) is 2.81. The second-order valence-electron chi connectivity index (χ2n) is 4.89. The summed E-state index contributed by atoms with van der Waals surface area (Å²) in [6, 6.07) is 2.00. The van der Waals surface area contributed by atoms with E-state index in [0.717, 1.165) is 39.7 Å². The zero-order valence-electron chi connectivity index (χ0n) is 12.3. The van der Waals surface area contributed by atoms with Crippen molar-refractivity contribution < 1.29 is 0 Å². The van der Waals surface area contributed by atoms with Gasteiger partial charge in [0.15, 0.2) is 4.34 Å². The molecule has 0 aliphatic carbocycles. The topological polar surface area (TPSA) is 50.7 Å². The molecule has 2 rings (SSSR count). The summed E-state index contributed by atoms with van der Waals surface area (Å²) in [6.45, 7) is 9.30. The Morgan fingerprint density at radius 3 is 2.70 bits per heavy atom. The van der Waals surface area contributed by atoms with Crippen molar-refractivity contribution in [2.45, 2.75) is 49.4 Å². The molecule has 0 aliphatic rings. The minimum Gasteiger partial charge on any atom is -0.370 e. The summed E-state index contributed by atoms with van der Waals surface area (Å²) >= 11 is 3.26. The fourth-order valence-electron chi connectivity index (χ4n) is 1.57. The van der Waals surface area contributed by atoms with Crippen molar-refractivity contribution in [3.8, 4) is 0 Å². The van der Waals surface area contributed by atoms with Crippen LogP contribution < -0.4 is 5.32 Å². The van der Waals surface area contributed by atoms with Gasteiger partial charge in [0.25, 0.3) is 0 Å². The molecule has 0 unspecified atom stereocenters. The molecular weight excluding hydrogens is 288 g/mol. The molecule has 0 saturated heterocycles. The Bertz CT molecular complexity index is 566. The van der Waals surface area contributed by atoms with Gasteiger partial charge in [-0.2, -0.15) is 0 Å². The van der Waals surface area contributed by atoms with Gasteiger partial charge >= 0.3 is 0 Å². The largest absolute Gasteiger partial charge is 0.370 e. The zero-order chi connectivity index (χ0) is 14.5. The van der Waals surface area contributed by atoms with Gasteiger partial charge in [-0.05, 0) is 25.1 Å². The van der Waals surface area contributed by atoms with Crippen LogP contribution in [0.15, 0.2) is 20.8 Å². The maximum absolute atomic E-state index is 4.62. The molecular formula is C14H20N4S2. The number of aromatic nitrogens is 3. The van der Waals surface area contributed by atoms with Crippen LogP contribution in [0.3, 0.4) is 0 Å². The molecule has 0 aliphatic heterocycles. The Balaban J connectivity index is 2.23. The van der Waals surface area contributed by atoms with Crippen LogP contribution in [0.5, 0.6) is 0 Å². The lowest BCUT2D eigenvalue weighted by Gasteiger charge is -2.10. The Morgan fingerprint density at radius 1 is 1.30 bits per heavy atom. The van der Waals surface area contributed by atoms with Crippen molar-refractivity contribution in [3.63, 3.8) is 0 Å². The normalized spacial score (nSPS) is 11.1. The van der Waals surface area contributed by atoms with Crippen LogP contribution in [0.4, 0.5) is 5.82 Å². The first-order valence-corrected chi connectivity index (χ1v) is 8.51. The molecule has 2 heterocycles. The molecule has 2 aromatic rings. The van der Waals surface area contributed by atoms with Crippen LogP contribution in [0.2, 0.25) is 0 Å². The van der Waals surface area contributed by atoms with Crippen LogP contribution >= 0.6 is 23.1 Å². The molecule has 20 heavy (non-hydrogen) atoms. The number of thiazole rings is 1. The van der Waals surface area contributed by atoms with Crippen LogP contribution in [0.1, 0.15) is 44.6 Å². The zero-order valence-corrected chi connectivity index (χ0v) is 13.9. The predicted octanol–water partition coefficient (Wildman–Crippen LogP) is 4.34. The third kappa shape index (κ3) is 4.18. The summed E-state index contributed by atoms with van der Waals surface area (Å²) in [5, 5.41) is 6.35. The molecule has 0 fully saturated rings. The Morgan fingerprint density at radius 2 is 2.10 bits per heavy atom. The third-order valence-corrected chi connectivity index (χ3v) is 4.56. The van der Waals surface area contributed by atoms with E-state index < -0.39 is 0 Å². The second-order valence-corrected chi connectivity index (χ2v) is 7.01. The summed E-state index contributed by atoms with van der Waals surface area (Å²) in [5.74, 6) is 2.10. The van der Waals surface area contributed by atoms with Crippen molar-refractivity contribution in [2.24, 2.45) is 0 Å². The lowest BCUT2D eigenvalue weighted by atomic mass is 10.2. The molecule has 2 aromatic heterocycles. The van der Waals surface area contributed by atoms with E-state index in [1.165, 1.54) is 0 Å². The number of anilines is 1. The second kappa shape index (κ2) is 7.04. The van der Waals surface area contributed by atoms with Gasteiger partial charge in [-0.15, -0.1) is 11.3 Å². The van der Waals surface area contributed by atoms with Gasteiger partial charge in [-0.25, -0.2) is 15.0 Å². The van der Waals surface area contributed by atoms with Gasteiger partial charge in [-0.3, -0.25) is 0 Å². The Labute approximate surface area is 128 Å². The Kier molecular flexibility index (Phi) is 5.37. The number of rotatable bonds is 6. The van der Waals surface area contributed by atoms with E-state index in [1.54, 1.807) is 23.1 Å². The van der Waals surface area contributed by atoms with Gasteiger partial charge in [0.1, 0.15) is 16.7 Å². The van der Waals surface area contributed by atoms with Crippen molar-refractivity contribution in [1.82, 2.24) is 15.0 Å². The predicted molar refractivity (Wildman–Crippen MR) is 85.9 cm³/mol.